The number of carbonyl (C=O) groups excluding carboxylic acids is 3. The van der Waals surface area contributed by atoms with E-state index in [-0.39, 0.29) is 16.9 Å². The molecule has 11 heteroatoms. The molecule has 0 radical (unpaired) electrons. The quantitative estimate of drug-likeness (QED) is 0.312. The smallest absolute Gasteiger partial charge is 0.351 e. The molecule has 1 aliphatic rings. The fourth-order valence-corrected chi connectivity index (χ4v) is 4.54. The third-order valence-corrected chi connectivity index (χ3v) is 6.67. The van der Waals surface area contributed by atoms with E-state index in [2.05, 4.69) is 10.3 Å². The van der Waals surface area contributed by atoms with E-state index in [0.717, 1.165) is 11.5 Å². The third kappa shape index (κ3) is 6.11. The molecule has 5 rings (SSSR count). The van der Waals surface area contributed by atoms with Crippen LogP contribution >= 0.6 is 0 Å². The number of rotatable bonds is 8. The number of esters is 2. The molecular formula is C31H26FN3O7. The van der Waals surface area contributed by atoms with E-state index < -0.39 is 54.2 Å². The maximum absolute atomic E-state index is 16.5. The van der Waals surface area contributed by atoms with Crippen molar-refractivity contribution in [3.8, 4) is 0 Å². The fourth-order valence-electron chi connectivity index (χ4n) is 4.54. The van der Waals surface area contributed by atoms with Gasteiger partial charge in [0.15, 0.2) is 18.0 Å². The summed E-state index contributed by atoms with van der Waals surface area (Å²) < 4.78 is 34.2. The number of hydrogen-bond acceptors (Lipinski definition) is 8. The van der Waals surface area contributed by atoms with E-state index in [4.69, 9.17) is 14.2 Å². The number of nitrogens with zero attached hydrogens (tertiary/aromatic N) is 2. The van der Waals surface area contributed by atoms with Crippen LogP contribution in [0.15, 0.2) is 108 Å². The van der Waals surface area contributed by atoms with Crippen LogP contribution < -0.4 is 11.0 Å². The molecule has 42 heavy (non-hydrogen) atoms. The number of anilines is 1. The molecule has 1 aliphatic heterocycles. The first-order chi connectivity index (χ1) is 20.2. The SMILES string of the molecule is C[C@]1(F)C(n2ccc(NC(=O)c3ccccc3)nc2=O)O[C@H](COC(=O)c2ccccc2)[C@H]1OC(=O)c1ccccc1. The number of hydrogen-bond donors (Lipinski definition) is 1. The van der Waals surface area contributed by atoms with Crippen molar-refractivity contribution in [1.29, 1.82) is 0 Å². The molecule has 214 valence electrons. The Kier molecular flexibility index (Phi) is 8.21. The van der Waals surface area contributed by atoms with Crippen molar-refractivity contribution in [2.45, 2.75) is 31.0 Å². The molecule has 1 fully saturated rings. The van der Waals surface area contributed by atoms with Crippen molar-refractivity contribution in [1.82, 2.24) is 9.55 Å². The molecule has 0 bridgehead atoms. The first-order valence-electron chi connectivity index (χ1n) is 13.0. The van der Waals surface area contributed by atoms with E-state index in [0.29, 0.717) is 5.56 Å². The fraction of sp³-hybridized carbons (Fsp3) is 0.194. The van der Waals surface area contributed by atoms with Crippen LogP contribution in [-0.4, -0.2) is 51.9 Å². The lowest BCUT2D eigenvalue weighted by Gasteiger charge is -2.27. The average Bonchev–Trinajstić information content (AvgIpc) is 3.25. The molecule has 4 atom stereocenters. The monoisotopic (exact) mass is 571 g/mol. The molecule has 1 aromatic heterocycles. The number of nitrogens with one attached hydrogen (secondary N) is 1. The maximum Gasteiger partial charge on any atom is 0.351 e. The van der Waals surface area contributed by atoms with Crippen LogP contribution in [-0.2, 0) is 14.2 Å². The van der Waals surface area contributed by atoms with Crippen LogP contribution in [0.25, 0.3) is 0 Å². The van der Waals surface area contributed by atoms with Gasteiger partial charge in [0.1, 0.15) is 18.5 Å². The van der Waals surface area contributed by atoms with Gasteiger partial charge < -0.3 is 19.5 Å². The minimum absolute atomic E-state index is 0.0518. The zero-order valence-electron chi connectivity index (χ0n) is 22.4. The summed E-state index contributed by atoms with van der Waals surface area (Å²) >= 11 is 0. The summed E-state index contributed by atoms with van der Waals surface area (Å²) in [5, 5.41) is 2.52. The van der Waals surface area contributed by atoms with Crippen LogP contribution in [0.4, 0.5) is 10.2 Å². The van der Waals surface area contributed by atoms with E-state index >= 15 is 4.39 Å². The molecule has 3 aromatic carbocycles. The number of ether oxygens (including phenoxy) is 3. The van der Waals surface area contributed by atoms with Gasteiger partial charge in [-0.1, -0.05) is 54.6 Å². The molecule has 1 N–H and O–H groups in total. The topological polar surface area (TPSA) is 126 Å². The van der Waals surface area contributed by atoms with Crippen LogP contribution in [0.5, 0.6) is 0 Å². The van der Waals surface area contributed by atoms with Crippen LogP contribution in [0.2, 0.25) is 0 Å². The van der Waals surface area contributed by atoms with Crippen LogP contribution in [0, 0.1) is 0 Å². The Labute approximate surface area is 239 Å². The van der Waals surface area contributed by atoms with Gasteiger partial charge in [-0.2, -0.15) is 4.98 Å². The summed E-state index contributed by atoms with van der Waals surface area (Å²) in [6.45, 7) is 0.654. The second-order valence-corrected chi connectivity index (χ2v) is 9.66. The Morgan fingerprint density at radius 3 is 2.00 bits per heavy atom. The Morgan fingerprint density at radius 1 is 0.881 bits per heavy atom. The maximum atomic E-state index is 16.5. The van der Waals surface area contributed by atoms with Crippen molar-refractivity contribution < 1.29 is 33.0 Å². The molecule has 0 spiro atoms. The Hall–Kier alpha value is -5.16. The zero-order valence-corrected chi connectivity index (χ0v) is 22.4. The lowest BCUT2D eigenvalue weighted by atomic mass is 9.98. The van der Waals surface area contributed by atoms with Crippen molar-refractivity contribution in [3.05, 3.63) is 130 Å². The standard InChI is InChI=1S/C31H26FN3O7/c1-31(32)25(42-28(38)22-15-9-4-10-16-22)23(19-40-27(37)21-13-7-3-8-14-21)41-29(31)35-18-17-24(34-30(35)39)33-26(36)20-11-5-2-6-12-20/h2-18,23,25,29H,19H2,1H3,(H,33,34,36,39)/t23-,25-,29?,31-/m1/s1. The van der Waals surface area contributed by atoms with E-state index in [1.807, 2.05) is 0 Å². The summed E-state index contributed by atoms with van der Waals surface area (Å²) in [6.07, 6.45) is -3.23. The third-order valence-electron chi connectivity index (χ3n) is 6.67. The molecule has 1 unspecified atom stereocenters. The van der Waals surface area contributed by atoms with Crippen molar-refractivity contribution in [2.75, 3.05) is 11.9 Å². The van der Waals surface area contributed by atoms with Gasteiger partial charge in [-0.25, -0.2) is 18.8 Å². The predicted molar refractivity (Wildman–Crippen MR) is 149 cm³/mol. The van der Waals surface area contributed by atoms with Crippen molar-refractivity contribution >= 4 is 23.7 Å². The van der Waals surface area contributed by atoms with Gasteiger partial charge >= 0.3 is 17.6 Å². The largest absolute Gasteiger partial charge is 0.459 e. The molecule has 4 aromatic rings. The molecule has 1 amide bonds. The number of aromatic nitrogens is 2. The summed E-state index contributed by atoms with van der Waals surface area (Å²) in [6, 6.07) is 25.8. The van der Waals surface area contributed by atoms with E-state index in [9.17, 15) is 19.2 Å². The first-order valence-corrected chi connectivity index (χ1v) is 13.0. The highest BCUT2D eigenvalue weighted by Crippen LogP contribution is 2.43. The second kappa shape index (κ2) is 12.1. The lowest BCUT2D eigenvalue weighted by molar-refractivity contribution is -0.0648. The Bertz CT molecular complexity index is 1630. The molecule has 1 saturated heterocycles. The number of carbonyl (C=O) groups is 3. The highest BCUT2D eigenvalue weighted by atomic mass is 19.1. The average molecular weight is 572 g/mol. The highest BCUT2D eigenvalue weighted by molar-refractivity contribution is 6.03. The zero-order chi connectivity index (χ0) is 29.7. The Morgan fingerprint density at radius 2 is 1.43 bits per heavy atom. The Balaban J connectivity index is 1.39. The van der Waals surface area contributed by atoms with Crippen molar-refractivity contribution in [2.24, 2.45) is 0 Å². The van der Waals surface area contributed by atoms with Crippen LogP contribution in [0.3, 0.4) is 0 Å². The van der Waals surface area contributed by atoms with Gasteiger partial charge in [-0.05, 0) is 49.4 Å². The summed E-state index contributed by atoms with van der Waals surface area (Å²) in [5.41, 5.74) is -2.59. The molecular weight excluding hydrogens is 545 g/mol. The number of halogens is 1. The summed E-state index contributed by atoms with van der Waals surface area (Å²) in [4.78, 5) is 54.8. The number of benzene rings is 3. The van der Waals surface area contributed by atoms with Gasteiger partial charge in [-0.3, -0.25) is 9.36 Å². The van der Waals surface area contributed by atoms with Crippen LogP contribution in [0.1, 0.15) is 44.2 Å². The molecule has 0 saturated carbocycles. The van der Waals surface area contributed by atoms with Crippen molar-refractivity contribution in [3.63, 3.8) is 0 Å². The van der Waals surface area contributed by atoms with Gasteiger partial charge in [0, 0.05) is 11.8 Å². The van der Waals surface area contributed by atoms with Gasteiger partial charge in [0.05, 0.1) is 11.1 Å². The van der Waals surface area contributed by atoms with Gasteiger partial charge in [0.2, 0.25) is 0 Å². The van der Waals surface area contributed by atoms with Gasteiger partial charge in [0.25, 0.3) is 5.91 Å². The normalized spacial score (nSPS) is 21.3. The van der Waals surface area contributed by atoms with Gasteiger partial charge in [-0.15, -0.1) is 0 Å². The molecule has 0 aliphatic carbocycles. The summed E-state index contributed by atoms with van der Waals surface area (Å²) in [7, 11) is 0. The number of alkyl halides is 1. The molecule has 10 nitrogen and oxygen atoms in total. The van der Waals surface area contributed by atoms with E-state index in [1.165, 1.54) is 24.4 Å². The lowest BCUT2D eigenvalue weighted by Crippen LogP contribution is -2.45. The minimum atomic E-state index is -2.46. The minimum Gasteiger partial charge on any atom is -0.459 e. The first kappa shape index (κ1) is 28.4. The van der Waals surface area contributed by atoms with E-state index in [1.54, 1.807) is 78.9 Å². The summed E-state index contributed by atoms with van der Waals surface area (Å²) in [5.74, 6) is -2.05. The second-order valence-electron chi connectivity index (χ2n) is 9.66. The number of amides is 1. The highest BCUT2D eigenvalue weighted by Gasteiger charge is 2.58. The predicted octanol–water partition coefficient (Wildman–Crippen LogP) is 4.20. The molecule has 2 heterocycles.